The molecule has 14 heavy (non-hydrogen) atoms. The molecular weight excluding hydrogens is 209 g/mol. The fourth-order valence-electron chi connectivity index (χ4n) is 0.248. The van der Waals surface area contributed by atoms with Crippen molar-refractivity contribution in [1.82, 2.24) is 0 Å². The number of hydrogen-bond donors (Lipinski definition) is 2. The van der Waals surface area contributed by atoms with Gasteiger partial charge >= 0.3 is 8.25 Å². The Morgan fingerprint density at radius 1 is 1.29 bits per heavy atom. The molecule has 0 rings (SSSR count). The van der Waals surface area contributed by atoms with Gasteiger partial charge in [0.25, 0.3) is 0 Å². The lowest BCUT2D eigenvalue weighted by molar-refractivity contribution is -0.0179. The van der Waals surface area contributed by atoms with Crippen molar-refractivity contribution < 1.29 is 23.6 Å². The van der Waals surface area contributed by atoms with Crippen LogP contribution in [0.2, 0.25) is 0 Å². The maximum absolute atomic E-state index is 9.82. The third-order valence-corrected chi connectivity index (χ3v) is 1.42. The van der Waals surface area contributed by atoms with Gasteiger partial charge in [0.2, 0.25) is 6.79 Å². The largest absolute Gasteiger partial charge is 0.697 e. The summed E-state index contributed by atoms with van der Waals surface area (Å²) in [6, 6.07) is 0. The lowest BCUT2D eigenvalue weighted by Gasteiger charge is -1.95. The molecule has 0 aliphatic rings. The van der Waals surface area contributed by atoms with E-state index >= 15 is 0 Å². The number of rotatable bonds is 7. The van der Waals surface area contributed by atoms with Crippen LogP contribution in [0, 0.1) is 0 Å². The van der Waals surface area contributed by atoms with E-state index in [4.69, 9.17) is 4.89 Å². The minimum atomic E-state index is -2.57. The molecule has 0 heterocycles. The Morgan fingerprint density at radius 3 is 2.21 bits per heavy atom. The van der Waals surface area contributed by atoms with Crippen molar-refractivity contribution in [2.75, 3.05) is 20.0 Å². The van der Waals surface area contributed by atoms with Gasteiger partial charge in [-0.2, -0.15) is 0 Å². The highest BCUT2D eigenvalue weighted by molar-refractivity contribution is 7.32. The first-order valence-electron chi connectivity index (χ1n) is 4.37. The van der Waals surface area contributed by atoms with Crippen LogP contribution in [0.15, 0.2) is 0 Å². The molecule has 0 fully saturated rings. The fourth-order valence-corrected chi connectivity index (χ4v) is 0.413. The number of nitrogens with two attached hydrogens (primary N) is 1. The summed E-state index contributed by atoms with van der Waals surface area (Å²) in [6.45, 7) is 4.60. The Bertz CT molecular complexity index is 123. The van der Waals surface area contributed by atoms with Crippen LogP contribution in [-0.4, -0.2) is 24.9 Å². The van der Waals surface area contributed by atoms with Gasteiger partial charge in [-0.05, 0) is 0 Å². The molecule has 0 aromatic carbocycles. The van der Waals surface area contributed by atoms with Gasteiger partial charge in [-0.15, -0.1) is 4.89 Å². The quantitative estimate of drug-likeness (QED) is 0.295. The number of hydrogen-bond acceptors (Lipinski definition) is 5. The molecule has 0 aromatic heterocycles. The molecular formula is C7H19NO5P+. The maximum atomic E-state index is 9.82. The van der Waals surface area contributed by atoms with Crippen LogP contribution in [0.5, 0.6) is 0 Å². The van der Waals surface area contributed by atoms with Crippen molar-refractivity contribution in [3.8, 4) is 0 Å². The first-order chi connectivity index (χ1) is 6.68. The van der Waals surface area contributed by atoms with Crippen LogP contribution in [0.25, 0.3) is 0 Å². The predicted molar refractivity (Wildman–Crippen MR) is 52.5 cm³/mol. The molecule has 0 saturated carbocycles. The van der Waals surface area contributed by atoms with Crippen molar-refractivity contribution in [2.24, 2.45) is 5.90 Å². The highest BCUT2D eigenvalue weighted by Crippen LogP contribution is 2.12. The van der Waals surface area contributed by atoms with E-state index in [1.54, 1.807) is 0 Å². The zero-order valence-electron chi connectivity index (χ0n) is 8.64. The molecule has 0 aliphatic heterocycles. The standard InChI is InChI=1S/C4H10.C3H8NO5P/c1-3-4-2;4-8-2-1-7-3-9-10(5)6/h3-4H2,1-2H3;1-4H2/p+1. The molecule has 0 amide bonds. The Kier molecular flexibility index (Phi) is 17.9. The zero-order valence-corrected chi connectivity index (χ0v) is 9.53. The molecule has 0 spiro atoms. The molecule has 0 aromatic rings. The average Bonchev–Trinajstić information content (AvgIpc) is 2.18. The lowest BCUT2D eigenvalue weighted by Crippen LogP contribution is -2.08. The van der Waals surface area contributed by atoms with Gasteiger partial charge in [0.05, 0.1) is 13.2 Å². The van der Waals surface area contributed by atoms with E-state index in [1.165, 1.54) is 12.8 Å². The molecule has 0 bridgehead atoms. The van der Waals surface area contributed by atoms with Gasteiger partial charge in [-0.3, -0.25) is 0 Å². The molecule has 1 atom stereocenters. The summed E-state index contributed by atoms with van der Waals surface area (Å²) >= 11 is 0. The van der Waals surface area contributed by atoms with Crippen molar-refractivity contribution in [3.05, 3.63) is 0 Å². The van der Waals surface area contributed by atoms with Gasteiger partial charge in [0.1, 0.15) is 0 Å². The third kappa shape index (κ3) is 22.7. The Morgan fingerprint density at radius 2 is 1.86 bits per heavy atom. The monoisotopic (exact) mass is 228 g/mol. The van der Waals surface area contributed by atoms with E-state index < -0.39 is 8.25 Å². The smallest absolute Gasteiger partial charge is 0.348 e. The second kappa shape index (κ2) is 15.4. The Balaban J connectivity index is 0. The summed E-state index contributed by atoms with van der Waals surface area (Å²) in [7, 11) is -2.57. The summed E-state index contributed by atoms with van der Waals surface area (Å²) in [5, 5.41) is 0. The van der Waals surface area contributed by atoms with Gasteiger partial charge in [0.15, 0.2) is 0 Å². The van der Waals surface area contributed by atoms with E-state index in [1.807, 2.05) is 0 Å². The fraction of sp³-hybridized carbons (Fsp3) is 1.00. The van der Waals surface area contributed by atoms with E-state index in [0.717, 1.165) is 0 Å². The third-order valence-electron chi connectivity index (χ3n) is 1.09. The molecule has 86 valence electrons. The summed E-state index contributed by atoms with van der Waals surface area (Å²) in [4.78, 5) is 12.2. The summed E-state index contributed by atoms with van der Waals surface area (Å²) in [5.41, 5.74) is 0. The molecule has 0 saturated heterocycles. The van der Waals surface area contributed by atoms with Crippen molar-refractivity contribution in [2.45, 2.75) is 26.7 Å². The Hall–Kier alpha value is -0.100. The van der Waals surface area contributed by atoms with Crippen LogP contribution in [0.4, 0.5) is 0 Å². The minimum Gasteiger partial charge on any atom is -0.348 e. The first kappa shape index (κ1) is 16.3. The van der Waals surface area contributed by atoms with Gasteiger partial charge < -0.3 is 9.57 Å². The first-order valence-corrected chi connectivity index (χ1v) is 5.50. The van der Waals surface area contributed by atoms with Gasteiger partial charge in [-0.25, -0.2) is 5.90 Å². The van der Waals surface area contributed by atoms with E-state index in [0.29, 0.717) is 0 Å². The van der Waals surface area contributed by atoms with Crippen LogP contribution in [0.3, 0.4) is 0 Å². The molecule has 6 nitrogen and oxygen atoms in total. The van der Waals surface area contributed by atoms with E-state index in [-0.39, 0.29) is 20.0 Å². The molecule has 3 N–H and O–H groups in total. The normalized spacial score (nSPS) is 10.4. The van der Waals surface area contributed by atoms with Crippen molar-refractivity contribution in [1.29, 1.82) is 0 Å². The topological polar surface area (TPSA) is 91.0 Å². The maximum Gasteiger partial charge on any atom is 0.697 e. The highest BCUT2D eigenvalue weighted by atomic mass is 31.1. The highest BCUT2D eigenvalue weighted by Gasteiger charge is 2.10. The van der Waals surface area contributed by atoms with Crippen LogP contribution < -0.4 is 5.90 Å². The number of ether oxygens (including phenoxy) is 1. The van der Waals surface area contributed by atoms with Crippen molar-refractivity contribution in [3.63, 3.8) is 0 Å². The van der Waals surface area contributed by atoms with Gasteiger partial charge in [0, 0.05) is 4.57 Å². The SMILES string of the molecule is CCCC.NOCCOCO[P+](=O)O. The molecule has 0 radical (unpaired) electrons. The van der Waals surface area contributed by atoms with Crippen LogP contribution in [0.1, 0.15) is 26.7 Å². The second-order valence-electron chi connectivity index (χ2n) is 2.26. The predicted octanol–water partition coefficient (Wildman–Crippen LogP) is 1.32. The second-order valence-corrected chi connectivity index (χ2v) is 3.00. The summed E-state index contributed by atoms with van der Waals surface area (Å²) in [6.07, 6.45) is 2.64. The average molecular weight is 228 g/mol. The molecule has 0 aliphatic carbocycles. The van der Waals surface area contributed by atoms with Crippen LogP contribution in [-0.2, 0) is 18.7 Å². The molecule has 1 unspecified atom stereocenters. The minimum absolute atomic E-state index is 0.227. The van der Waals surface area contributed by atoms with E-state index in [2.05, 4.69) is 33.8 Å². The zero-order chi connectivity index (χ0) is 11.2. The summed E-state index contributed by atoms with van der Waals surface area (Å²) < 4.78 is 18.6. The summed E-state index contributed by atoms with van der Waals surface area (Å²) in [5.74, 6) is 4.64. The lowest BCUT2D eigenvalue weighted by atomic mass is 10.4. The Labute approximate surface area is 85.2 Å². The van der Waals surface area contributed by atoms with Crippen LogP contribution >= 0.6 is 8.25 Å². The van der Waals surface area contributed by atoms with Crippen molar-refractivity contribution >= 4 is 8.25 Å². The van der Waals surface area contributed by atoms with E-state index in [9.17, 15) is 4.57 Å². The number of unbranched alkanes of at least 4 members (excludes halogenated alkanes) is 1. The van der Waals surface area contributed by atoms with Gasteiger partial charge in [-0.1, -0.05) is 31.2 Å². The molecule has 7 heteroatoms.